The third kappa shape index (κ3) is 7.97. The number of nitrogens with zero attached hydrogens (tertiary/aromatic N) is 4. The van der Waals surface area contributed by atoms with Gasteiger partial charge in [-0.25, -0.2) is 14.2 Å². The first-order chi connectivity index (χ1) is 22.9. The molecular formula is C35H33FN4O6S. The van der Waals surface area contributed by atoms with Crippen LogP contribution in [0.15, 0.2) is 78.0 Å². The molecule has 0 radical (unpaired) electrons. The zero-order chi connectivity index (χ0) is 32.8. The lowest BCUT2D eigenvalue weighted by atomic mass is 10.0. The number of benzene rings is 2. The molecule has 6 rings (SSSR count). The van der Waals surface area contributed by atoms with Crippen LogP contribution in [0.5, 0.6) is 17.2 Å². The number of aromatic nitrogens is 3. The van der Waals surface area contributed by atoms with E-state index in [9.17, 15) is 14.4 Å². The van der Waals surface area contributed by atoms with Gasteiger partial charge in [-0.1, -0.05) is 24.3 Å². The number of morpholine rings is 1. The summed E-state index contributed by atoms with van der Waals surface area (Å²) in [4.78, 5) is 49.2. The average Bonchev–Trinajstić information content (AvgIpc) is 3.52. The van der Waals surface area contributed by atoms with E-state index in [-0.39, 0.29) is 42.3 Å². The summed E-state index contributed by atoms with van der Waals surface area (Å²) in [7, 11) is 1.53. The number of thiophene rings is 1. The summed E-state index contributed by atoms with van der Waals surface area (Å²) in [5.74, 6) is -0.164. The second-order valence-electron chi connectivity index (χ2n) is 11.2. The van der Waals surface area contributed by atoms with Crippen LogP contribution < -0.4 is 15.2 Å². The van der Waals surface area contributed by atoms with Crippen LogP contribution in [0.1, 0.15) is 17.5 Å². The fraction of sp³-hybridized carbons (Fsp3) is 0.286. The van der Waals surface area contributed by atoms with Crippen molar-refractivity contribution < 1.29 is 28.2 Å². The second kappa shape index (κ2) is 14.8. The Morgan fingerprint density at radius 2 is 1.77 bits per heavy atom. The van der Waals surface area contributed by atoms with Gasteiger partial charge in [0, 0.05) is 79.7 Å². The van der Waals surface area contributed by atoms with Gasteiger partial charge >= 0.3 is 5.69 Å². The van der Waals surface area contributed by atoms with Crippen molar-refractivity contribution in [3.05, 3.63) is 101 Å². The molecule has 242 valence electrons. The smallest absolute Gasteiger partial charge is 0.347 e. The number of pyridine rings is 1. The van der Waals surface area contributed by atoms with Crippen molar-refractivity contribution in [3.8, 4) is 27.7 Å². The van der Waals surface area contributed by atoms with E-state index in [1.54, 1.807) is 47.4 Å². The number of halogens is 1. The predicted octanol–water partition coefficient (Wildman–Crippen LogP) is 5.11. The molecule has 1 aliphatic heterocycles. The van der Waals surface area contributed by atoms with Gasteiger partial charge in [-0.15, -0.1) is 11.3 Å². The van der Waals surface area contributed by atoms with Gasteiger partial charge in [-0.05, 0) is 29.8 Å². The summed E-state index contributed by atoms with van der Waals surface area (Å²) in [5, 5.41) is 0. The van der Waals surface area contributed by atoms with Crippen molar-refractivity contribution in [2.75, 3.05) is 40.0 Å². The molecule has 12 heteroatoms. The highest BCUT2D eigenvalue weighted by Gasteiger charge is 2.17. The molecule has 5 aromatic rings. The Morgan fingerprint density at radius 3 is 2.57 bits per heavy atom. The average molecular weight is 657 g/mol. The highest BCUT2D eigenvalue weighted by Crippen LogP contribution is 2.39. The van der Waals surface area contributed by atoms with Crippen molar-refractivity contribution >= 4 is 33.1 Å². The van der Waals surface area contributed by atoms with Crippen molar-refractivity contribution in [3.63, 3.8) is 0 Å². The van der Waals surface area contributed by atoms with E-state index in [4.69, 9.17) is 14.2 Å². The number of rotatable bonds is 13. The van der Waals surface area contributed by atoms with Crippen molar-refractivity contribution in [1.29, 1.82) is 0 Å². The molecule has 0 atom stereocenters. The van der Waals surface area contributed by atoms with Gasteiger partial charge in [0.2, 0.25) is 0 Å². The van der Waals surface area contributed by atoms with E-state index in [0.29, 0.717) is 52.6 Å². The van der Waals surface area contributed by atoms with Crippen LogP contribution in [-0.4, -0.2) is 71.0 Å². The molecule has 1 saturated heterocycles. The summed E-state index contributed by atoms with van der Waals surface area (Å²) in [6.45, 7) is 4.28. The first-order valence-electron chi connectivity index (χ1n) is 15.2. The summed E-state index contributed by atoms with van der Waals surface area (Å²) in [5.41, 5.74) is 2.27. The summed E-state index contributed by atoms with van der Waals surface area (Å²) >= 11 is 1.41. The Bertz CT molecular complexity index is 1970. The largest absolute Gasteiger partial charge is 0.496 e. The molecule has 0 unspecified atom stereocenters. The number of ketones is 2. The van der Waals surface area contributed by atoms with Crippen molar-refractivity contribution in [1.82, 2.24) is 19.4 Å². The lowest BCUT2D eigenvalue weighted by molar-refractivity contribution is -0.126. The van der Waals surface area contributed by atoms with E-state index < -0.39 is 5.82 Å². The highest BCUT2D eigenvalue weighted by atomic mass is 32.1. The topological polar surface area (TPSA) is 113 Å². The molecule has 0 saturated carbocycles. The Labute approximate surface area is 274 Å². The number of carbonyl (C=O) groups is 2. The molecule has 0 N–H and O–H groups in total. The monoisotopic (exact) mass is 656 g/mol. The minimum absolute atomic E-state index is 0.00535. The maximum Gasteiger partial charge on any atom is 0.347 e. The predicted molar refractivity (Wildman–Crippen MR) is 176 cm³/mol. The Balaban J connectivity index is 1.12. The van der Waals surface area contributed by atoms with Crippen LogP contribution >= 0.6 is 11.3 Å². The van der Waals surface area contributed by atoms with E-state index in [0.717, 1.165) is 30.1 Å². The van der Waals surface area contributed by atoms with Crippen molar-refractivity contribution in [2.45, 2.75) is 25.8 Å². The zero-order valence-corrected chi connectivity index (χ0v) is 26.6. The van der Waals surface area contributed by atoms with Crippen LogP contribution in [0.25, 0.3) is 20.7 Å². The third-order valence-corrected chi connectivity index (χ3v) is 9.06. The van der Waals surface area contributed by atoms with Crippen LogP contribution in [0.4, 0.5) is 4.39 Å². The molecule has 10 nitrogen and oxygen atoms in total. The van der Waals surface area contributed by atoms with E-state index in [1.807, 2.05) is 18.2 Å². The molecule has 1 aliphatic rings. The molecule has 0 spiro atoms. The number of ether oxygens (including phenoxy) is 3. The minimum Gasteiger partial charge on any atom is -0.496 e. The Hall–Kier alpha value is -4.78. The number of Topliss-reactive ketones (excluding diaryl/α,β-unsaturated/α-hetero) is 2. The maximum absolute atomic E-state index is 15.2. The van der Waals surface area contributed by atoms with Crippen molar-refractivity contribution in [2.24, 2.45) is 0 Å². The first kappa shape index (κ1) is 32.2. The molecule has 0 bridgehead atoms. The van der Waals surface area contributed by atoms with Gasteiger partial charge in [0.25, 0.3) is 0 Å². The number of hydrogen-bond acceptors (Lipinski definition) is 10. The molecule has 3 aromatic heterocycles. The van der Waals surface area contributed by atoms with Crippen LogP contribution in [-0.2, 0) is 33.7 Å². The lowest BCUT2D eigenvalue weighted by Gasteiger charge is -2.26. The molecule has 0 amide bonds. The fourth-order valence-corrected chi connectivity index (χ4v) is 6.48. The van der Waals surface area contributed by atoms with Crippen LogP contribution in [0, 0.1) is 5.82 Å². The zero-order valence-electron chi connectivity index (χ0n) is 25.8. The van der Waals surface area contributed by atoms with Crippen LogP contribution in [0.2, 0.25) is 0 Å². The van der Waals surface area contributed by atoms with E-state index >= 15 is 4.39 Å². The number of methoxy groups -OCH3 is 1. The molecule has 2 aromatic carbocycles. The number of para-hydroxylation sites is 1. The standard InChI is InChI=1S/C35H33FN4O6S/c1-44-30-5-3-2-4-24(30)18-27(42)19-26(41)16-23-6-7-31(28(36)17-23)46-32-8-9-37-29-20-33(47-34(29)32)25-21-38-35(43)40(22-25)11-10-39-12-14-45-15-13-39/h2-9,17,20-22H,10-16,18-19H2,1H3. The minimum atomic E-state index is -0.631. The Morgan fingerprint density at radius 1 is 0.957 bits per heavy atom. The van der Waals surface area contributed by atoms with E-state index in [2.05, 4.69) is 14.9 Å². The van der Waals surface area contributed by atoms with Gasteiger partial charge < -0.3 is 14.2 Å². The molecule has 47 heavy (non-hydrogen) atoms. The van der Waals surface area contributed by atoms with Gasteiger partial charge in [0.1, 0.15) is 23.1 Å². The summed E-state index contributed by atoms with van der Waals surface area (Å²) < 4.78 is 34.2. The molecule has 1 fully saturated rings. The quantitative estimate of drug-likeness (QED) is 0.160. The number of carbonyl (C=O) groups excluding carboxylic acids is 2. The molecule has 4 heterocycles. The third-order valence-electron chi connectivity index (χ3n) is 7.87. The van der Waals surface area contributed by atoms with Gasteiger partial charge in [0.05, 0.1) is 37.0 Å². The normalized spacial score (nSPS) is 13.5. The first-order valence-corrected chi connectivity index (χ1v) is 16.0. The lowest BCUT2D eigenvalue weighted by Crippen LogP contribution is -2.39. The van der Waals surface area contributed by atoms with Crippen LogP contribution in [0.3, 0.4) is 0 Å². The number of fused-ring (bicyclic) bond motifs is 1. The Kier molecular flexibility index (Phi) is 10.1. The SMILES string of the molecule is COc1ccccc1CC(=O)CC(=O)Cc1ccc(Oc2ccnc3cc(-c4cnc(=O)n(CCN5CCOCC5)c4)sc23)c(F)c1. The van der Waals surface area contributed by atoms with Gasteiger partial charge in [-0.2, -0.15) is 0 Å². The maximum atomic E-state index is 15.2. The highest BCUT2D eigenvalue weighted by molar-refractivity contribution is 7.22. The second-order valence-corrected chi connectivity index (χ2v) is 12.2. The molecule has 0 aliphatic carbocycles. The van der Waals surface area contributed by atoms with Gasteiger partial charge in [0.15, 0.2) is 11.6 Å². The summed E-state index contributed by atoms with van der Waals surface area (Å²) in [6, 6.07) is 15.1. The van der Waals surface area contributed by atoms with Gasteiger partial charge in [-0.3, -0.25) is 24.0 Å². The van der Waals surface area contributed by atoms with E-state index in [1.165, 1.54) is 30.6 Å². The summed E-state index contributed by atoms with van der Waals surface area (Å²) in [6.07, 6.45) is 4.68. The molecular weight excluding hydrogens is 623 g/mol. The fourth-order valence-electron chi connectivity index (χ4n) is 5.44. The number of hydrogen-bond donors (Lipinski definition) is 0.